The number of hydrogen-bond donors (Lipinski definition) is 1. The van der Waals surface area contributed by atoms with Gasteiger partial charge in [-0.2, -0.15) is 0 Å². The molecule has 0 aliphatic rings. The number of unbranched alkanes of at least 4 members (excludes halogenated alkanes) is 1. The predicted molar refractivity (Wildman–Crippen MR) is 64.3 cm³/mol. The Morgan fingerprint density at radius 2 is 2.00 bits per heavy atom. The van der Waals surface area contributed by atoms with E-state index in [9.17, 15) is 4.79 Å². The van der Waals surface area contributed by atoms with Crippen LogP contribution in [-0.2, 0) is 11.2 Å². The van der Waals surface area contributed by atoms with E-state index in [1.807, 2.05) is 12.1 Å². The highest BCUT2D eigenvalue weighted by Gasteiger charge is 2.00. The van der Waals surface area contributed by atoms with Crippen LogP contribution in [0, 0.1) is 3.57 Å². The monoisotopic (exact) mass is 304 g/mol. The molecule has 1 aromatic carbocycles. The number of hydrogen-bond acceptors (Lipinski definition) is 1. The highest BCUT2D eigenvalue weighted by molar-refractivity contribution is 14.1. The first-order valence-corrected chi connectivity index (χ1v) is 5.73. The SMILES string of the molecule is O=C(O)CCCCc1ccccc1I. The van der Waals surface area contributed by atoms with E-state index in [0.29, 0.717) is 0 Å². The summed E-state index contributed by atoms with van der Waals surface area (Å²) >= 11 is 2.31. The summed E-state index contributed by atoms with van der Waals surface area (Å²) in [4.78, 5) is 10.3. The van der Waals surface area contributed by atoms with Crippen molar-refractivity contribution < 1.29 is 9.90 Å². The summed E-state index contributed by atoms with van der Waals surface area (Å²) in [6.45, 7) is 0. The standard InChI is InChI=1S/C11H13IO2/c12-10-7-3-1-5-9(10)6-2-4-8-11(13)14/h1,3,5,7H,2,4,6,8H2,(H,13,14). The maximum atomic E-state index is 10.3. The lowest BCUT2D eigenvalue weighted by Crippen LogP contribution is -1.95. The van der Waals surface area contributed by atoms with Gasteiger partial charge in [-0.3, -0.25) is 4.79 Å². The van der Waals surface area contributed by atoms with Crippen LogP contribution in [0.4, 0.5) is 0 Å². The molecular formula is C11H13IO2. The van der Waals surface area contributed by atoms with Crippen LogP contribution in [0.25, 0.3) is 0 Å². The second-order valence-corrected chi connectivity index (χ2v) is 4.35. The zero-order chi connectivity index (χ0) is 10.4. The van der Waals surface area contributed by atoms with E-state index in [0.717, 1.165) is 19.3 Å². The summed E-state index contributed by atoms with van der Waals surface area (Å²) in [5.41, 5.74) is 1.32. The topological polar surface area (TPSA) is 37.3 Å². The molecule has 1 rings (SSSR count). The van der Waals surface area contributed by atoms with Gasteiger partial charge in [-0.15, -0.1) is 0 Å². The molecule has 3 heteroatoms. The Morgan fingerprint density at radius 3 is 2.64 bits per heavy atom. The van der Waals surface area contributed by atoms with Crippen LogP contribution in [0.5, 0.6) is 0 Å². The van der Waals surface area contributed by atoms with Gasteiger partial charge in [0.25, 0.3) is 0 Å². The first kappa shape index (κ1) is 11.5. The molecule has 0 aromatic heterocycles. The summed E-state index contributed by atoms with van der Waals surface area (Å²) in [7, 11) is 0. The lowest BCUT2D eigenvalue weighted by Gasteiger charge is -2.02. The lowest BCUT2D eigenvalue weighted by atomic mass is 10.1. The van der Waals surface area contributed by atoms with Crippen molar-refractivity contribution >= 4 is 28.6 Å². The van der Waals surface area contributed by atoms with Crippen molar-refractivity contribution in [3.8, 4) is 0 Å². The molecule has 0 amide bonds. The van der Waals surface area contributed by atoms with Gasteiger partial charge in [0, 0.05) is 9.99 Å². The van der Waals surface area contributed by atoms with E-state index in [2.05, 4.69) is 34.7 Å². The zero-order valence-electron chi connectivity index (χ0n) is 7.87. The number of aliphatic carboxylic acids is 1. The van der Waals surface area contributed by atoms with E-state index in [-0.39, 0.29) is 6.42 Å². The van der Waals surface area contributed by atoms with Crippen molar-refractivity contribution in [3.63, 3.8) is 0 Å². The Balaban J connectivity index is 2.31. The van der Waals surface area contributed by atoms with Gasteiger partial charge >= 0.3 is 5.97 Å². The largest absolute Gasteiger partial charge is 0.481 e. The predicted octanol–water partition coefficient (Wildman–Crippen LogP) is 3.09. The molecule has 1 aromatic rings. The molecule has 0 saturated carbocycles. The van der Waals surface area contributed by atoms with E-state index in [1.165, 1.54) is 9.13 Å². The fourth-order valence-corrected chi connectivity index (χ4v) is 1.95. The molecule has 0 radical (unpaired) electrons. The summed E-state index contributed by atoms with van der Waals surface area (Å²) < 4.78 is 1.26. The molecule has 0 fully saturated rings. The molecule has 0 aliphatic carbocycles. The third kappa shape index (κ3) is 4.09. The minimum atomic E-state index is -0.701. The molecule has 76 valence electrons. The molecule has 0 bridgehead atoms. The van der Waals surface area contributed by atoms with E-state index >= 15 is 0 Å². The number of carboxylic acids is 1. The van der Waals surface area contributed by atoms with Crippen molar-refractivity contribution in [2.75, 3.05) is 0 Å². The second-order valence-electron chi connectivity index (χ2n) is 3.19. The number of rotatable bonds is 5. The molecule has 0 atom stereocenters. The van der Waals surface area contributed by atoms with Gasteiger partial charge in [-0.25, -0.2) is 0 Å². The number of halogens is 1. The summed E-state index contributed by atoms with van der Waals surface area (Å²) in [5, 5.41) is 8.46. The maximum Gasteiger partial charge on any atom is 0.303 e. The van der Waals surface area contributed by atoms with Crippen LogP contribution in [0.15, 0.2) is 24.3 Å². The molecule has 0 heterocycles. The zero-order valence-corrected chi connectivity index (χ0v) is 10.0. The van der Waals surface area contributed by atoms with Crippen molar-refractivity contribution in [1.29, 1.82) is 0 Å². The van der Waals surface area contributed by atoms with Crippen LogP contribution < -0.4 is 0 Å². The fourth-order valence-electron chi connectivity index (χ4n) is 1.29. The average molecular weight is 304 g/mol. The Kier molecular flexibility index (Phi) is 4.93. The molecular weight excluding hydrogens is 291 g/mol. The highest BCUT2D eigenvalue weighted by atomic mass is 127. The Bertz CT molecular complexity index is 310. The van der Waals surface area contributed by atoms with Crippen LogP contribution in [0.2, 0.25) is 0 Å². The molecule has 0 unspecified atom stereocenters. The average Bonchev–Trinajstić information content (AvgIpc) is 2.15. The van der Waals surface area contributed by atoms with Gasteiger partial charge in [0.1, 0.15) is 0 Å². The van der Waals surface area contributed by atoms with Gasteiger partial charge in [-0.1, -0.05) is 18.2 Å². The molecule has 1 N–H and O–H groups in total. The summed E-state index contributed by atoms with van der Waals surface area (Å²) in [6, 6.07) is 8.22. The van der Waals surface area contributed by atoms with Crippen LogP contribution in [0.1, 0.15) is 24.8 Å². The molecule has 0 aliphatic heterocycles. The normalized spacial score (nSPS) is 10.1. The Labute approximate surface area is 97.5 Å². The van der Waals surface area contributed by atoms with Crippen molar-refractivity contribution in [2.24, 2.45) is 0 Å². The van der Waals surface area contributed by atoms with Gasteiger partial charge in [0.05, 0.1) is 0 Å². The minimum Gasteiger partial charge on any atom is -0.481 e. The number of carbonyl (C=O) groups is 1. The van der Waals surface area contributed by atoms with Crippen molar-refractivity contribution in [3.05, 3.63) is 33.4 Å². The lowest BCUT2D eigenvalue weighted by molar-refractivity contribution is -0.137. The third-order valence-corrected chi connectivity index (χ3v) is 3.10. The second kappa shape index (κ2) is 6.01. The highest BCUT2D eigenvalue weighted by Crippen LogP contribution is 2.14. The van der Waals surface area contributed by atoms with Gasteiger partial charge < -0.3 is 5.11 Å². The molecule has 2 nitrogen and oxygen atoms in total. The van der Waals surface area contributed by atoms with E-state index < -0.39 is 5.97 Å². The summed E-state index contributed by atoms with van der Waals surface area (Å²) in [5.74, 6) is -0.701. The number of carboxylic acid groups (broad SMARTS) is 1. The first-order chi connectivity index (χ1) is 6.70. The Hall–Kier alpha value is -0.580. The molecule has 14 heavy (non-hydrogen) atoms. The Morgan fingerprint density at radius 1 is 1.29 bits per heavy atom. The summed E-state index contributed by atoms with van der Waals surface area (Å²) in [6.07, 6.45) is 2.97. The van der Waals surface area contributed by atoms with Crippen molar-refractivity contribution in [2.45, 2.75) is 25.7 Å². The van der Waals surface area contributed by atoms with Gasteiger partial charge in [0.15, 0.2) is 0 Å². The first-order valence-electron chi connectivity index (χ1n) is 4.65. The number of aryl methyl sites for hydroxylation is 1. The quantitative estimate of drug-likeness (QED) is 0.670. The molecule has 0 saturated heterocycles. The fraction of sp³-hybridized carbons (Fsp3) is 0.364. The van der Waals surface area contributed by atoms with Crippen LogP contribution in [0.3, 0.4) is 0 Å². The minimum absolute atomic E-state index is 0.281. The van der Waals surface area contributed by atoms with E-state index in [1.54, 1.807) is 0 Å². The van der Waals surface area contributed by atoms with Crippen molar-refractivity contribution in [1.82, 2.24) is 0 Å². The maximum absolute atomic E-state index is 10.3. The van der Waals surface area contributed by atoms with Gasteiger partial charge in [0.2, 0.25) is 0 Å². The number of benzene rings is 1. The third-order valence-electron chi connectivity index (χ3n) is 2.04. The molecule has 0 spiro atoms. The smallest absolute Gasteiger partial charge is 0.303 e. The van der Waals surface area contributed by atoms with Crippen LogP contribution >= 0.6 is 22.6 Å². The van der Waals surface area contributed by atoms with Crippen LogP contribution in [-0.4, -0.2) is 11.1 Å². The van der Waals surface area contributed by atoms with E-state index in [4.69, 9.17) is 5.11 Å². The van der Waals surface area contributed by atoms with Gasteiger partial charge in [-0.05, 0) is 53.5 Å².